The molecule has 1 aliphatic rings. The van der Waals surface area contributed by atoms with E-state index in [0.717, 1.165) is 11.3 Å². The summed E-state index contributed by atoms with van der Waals surface area (Å²) in [7, 11) is 0.131. The molecule has 3 radical (unpaired) electrons. The highest BCUT2D eigenvalue weighted by atomic mass is 31.1. The summed E-state index contributed by atoms with van der Waals surface area (Å²) in [6, 6.07) is 4.70. The Hall–Kier alpha value is -0.285. The van der Waals surface area contributed by atoms with E-state index in [9.17, 15) is 0 Å². The van der Waals surface area contributed by atoms with Crippen molar-refractivity contribution in [1.82, 2.24) is 0 Å². The van der Waals surface area contributed by atoms with Gasteiger partial charge in [0.1, 0.15) is 0 Å². The van der Waals surface area contributed by atoms with Crippen molar-refractivity contribution in [3.8, 4) is 0 Å². The van der Waals surface area contributed by atoms with Gasteiger partial charge in [-0.3, -0.25) is 0 Å². The third-order valence-electron chi connectivity index (χ3n) is 3.53. The summed E-state index contributed by atoms with van der Waals surface area (Å²) in [5, 5.41) is 1.70. The van der Waals surface area contributed by atoms with Crippen LogP contribution in [-0.4, -0.2) is 19.7 Å². The lowest BCUT2D eigenvalue weighted by atomic mass is 10.1. The van der Waals surface area contributed by atoms with Crippen LogP contribution < -0.4 is 5.30 Å². The van der Waals surface area contributed by atoms with E-state index in [1.165, 1.54) is 23.1 Å². The van der Waals surface area contributed by atoms with Crippen molar-refractivity contribution in [2.24, 2.45) is 0 Å². The van der Waals surface area contributed by atoms with E-state index in [-0.39, 0.29) is 16.3 Å². The van der Waals surface area contributed by atoms with Gasteiger partial charge in [0.05, 0.1) is 0 Å². The highest BCUT2D eigenvalue weighted by Crippen LogP contribution is 2.58. The van der Waals surface area contributed by atoms with E-state index < -0.39 is 0 Å². The lowest BCUT2D eigenvalue weighted by Gasteiger charge is -2.43. The zero-order chi connectivity index (χ0) is 11.2. The van der Waals surface area contributed by atoms with Crippen LogP contribution in [0.5, 0.6) is 0 Å². The molecule has 0 nitrogen and oxygen atoms in total. The van der Waals surface area contributed by atoms with Gasteiger partial charge >= 0.3 is 0 Å². The first-order valence-corrected chi connectivity index (χ1v) is 7.35. The molecule has 1 aromatic carbocycles. The molecule has 1 aliphatic heterocycles. The highest BCUT2D eigenvalue weighted by Gasteiger charge is 2.36. The molecule has 1 fully saturated rings. The minimum Gasteiger partial charge on any atom is -0.0689 e. The molecule has 1 aromatic rings. The maximum atomic E-state index is 2.42. The summed E-state index contributed by atoms with van der Waals surface area (Å²) in [4.78, 5) is 0. The van der Waals surface area contributed by atoms with Crippen LogP contribution in [0.3, 0.4) is 0 Å². The molecule has 16 heavy (non-hydrogen) atoms. The molecule has 0 amide bonds. The van der Waals surface area contributed by atoms with Gasteiger partial charge in [-0.05, 0) is 54.9 Å². The monoisotopic (exact) mass is 231 g/mol. The number of benzene rings is 1. The molecule has 0 spiro atoms. The van der Waals surface area contributed by atoms with E-state index in [1.54, 1.807) is 5.30 Å². The lowest BCUT2D eigenvalue weighted by Crippen LogP contribution is -2.33. The smallest absolute Gasteiger partial charge is 0 e. The van der Waals surface area contributed by atoms with Gasteiger partial charge in [-0.2, -0.15) is 0 Å². The van der Waals surface area contributed by atoms with Crippen LogP contribution in [0.4, 0.5) is 0 Å². The van der Waals surface area contributed by atoms with Gasteiger partial charge in [0.2, 0.25) is 0 Å². The Morgan fingerprint density at radius 2 is 1.44 bits per heavy atom. The van der Waals surface area contributed by atoms with Gasteiger partial charge in [0, 0.05) is 8.41 Å². The van der Waals surface area contributed by atoms with Crippen molar-refractivity contribution in [3.63, 3.8) is 0 Å². The van der Waals surface area contributed by atoms with Gasteiger partial charge in [0.25, 0.3) is 0 Å². The fourth-order valence-electron chi connectivity index (χ4n) is 3.04. The normalized spacial score (nSPS) is 24.8. The first-order chi connectivity index (χ1) is 7.00. The van der Waals surface area contributed by atoms with Crippen LogP contribution in [0.15, 0.2) is 12.1 Å². The summed E-state index contributed by atoms with van der Waals surface area (Å²) >= 11 is 0. The van der Waals surface area contributed by atoms with E-state index in [2.05, 4.69) is 46.8 Å². The van der Waals surface area contributed by atoms with Gasteiger partial charge < -0.3 is 0 Å². The molecule has 2 rings (SSSR count). The second-order valence-corrected chi connectivity index (χ2v) is 8.11. The third kappa shape index (κ3) is 2.20. The zero-order valence-electron chi connectivity index (χ0n) is 11.0. The molecule has 1 heterocycles. The zero-order valence-corrected chi connectivity index (χ0v) is 11.9. The summed E-state index contributed by atoms with van der Waals surface area (Å²) < 4.78 is 0. The lowest BCUT2D eigenvalue weighted by molar-refractivity contribution is 0.713. The van der Waals surface area contributed by atoms with Crippen molar-refractivity contribution < 1.29 is 0 Å². The standard InChI is InChI=1S/C14H21P.B/c1-9-6-10(2)14(11(3)7-9)15-12(4)8-13(15)5;/h6-7,12-13H,8H2,1-5H3;/t12-,13-;/m0./s1. The molecule has 85 valence electrons. The Morgan fingerprint density at radius 1 is 1.00 bits per heavy atom. The number of hydrogen-bond acceptors (Lipinski definition) is 0. The van der Waals surface area contributed by atoms with Crippen LogP contribution >= 0.6 is 7.92 Å². The first-order valence-electron chi connectivity index (χ1n) is 5.87. The van der Waals surface area contributed by atoms with Crippen LogP contribution in [0.2, 0.25) is 0 Å². The third-order valence-corrected chi connectivity index (χ3v) is 7.07. The molecule has 0 unspecified atom stereocenters. The van der Waals surface area contributed by atoms with Crippen molar-refractivity contribution in [1.29, 1.82) is 0 Å². The number of aryl methyl sites for hydroxylation is 3. The Bertz CT molecular complexity index is 355. The molecule has 2 heteroatoms. The largest absolute Gasteiger partial charge is 0.0689 e. The maximum absolute atomic E-state index is 2.42. The predicted molar refractivity (Wildman–Crippen MR) is 76.5 cm³/mol. The van der Waals surface area contributed by atoms with Crippen molar-refractivity contribution in [2.45, 2.75) is 52.4 Å². The van der Waals surface area contributed by atoms with Gasteiger partial charge in [-0.1, -0.05) is 39.5 Å². The van der Waals surface area contributed by atoms with Crippen molar-refractivity contribution in [2.75, 3.05) is 0 Å². The minimum absolute atomic E-state index is 0. The molecular formula is C14H21BP. The van der Waals surface area contributed by atoms with Gasteiger partial charge in [-0.25, -0.2) is 0 Å². The summed E-state index contributed by atoms with van der Waals surface area (Å²) in [5.74, 6) is 0. The van der Waals surface area contributed by atoms with Crippen LogP contribution in [0.25, 0.3) is 0 Å². The van der Waals surface area contributed by atoms with Crippen LogP contribution in [0.1, 0.15) is 37.0 Å². The Labute approximate surface area is 103 Å². The number of rotatable bonds is 1. The molecule has 0 aliphatic carbocycles. The van der Waals surface area contributed by atoms with Crippen LogP contribution in [0, 0.1) is 20.8 Å². The first kappa shape index (κ1) is 13.8. The average molecular weight is 231 g/mol. The minimum atomic E-state index is 0. The molecule has 0 aromatic heterocycles. The van der Waals surface area contributed by atoms with E-state index in [4.69, 9.17) is 0 Å². The summed E-state index contributed by atoms with van der Waals surface area (Å²) in [5.41, 5.74) is 6.34. The fourth-order valence-corrected chi connectivity index (χ4v) is 6.43. The molecule has 2 atom stereocenters. The Morgan fingerprint density at radius 3 is 1.81 bits per heavy atom. The summed E-state index contributed by atoms with van der Waals surface area (Å²) in [6.45, 7) is 11.6. The van der Waals surface area contributed by atoms with E-state index >= 15 is 0 Å². The Kier molecular flexibility index (Phi) is 4.24. The number of hydrogen-bond donors (Lipinski definition) is 0. The van der Waals surface area contributed by atoms with Crippen molar-refractivity contribution >= 4 is 21.6 Å². The second kappa shape index (κ2) is 4.92. The summed E-state index contributed by atoms with van der Waals surface area (Å²) in [6.07, 6.45) is 1.43. The molecule has 0 saturated carbocycles. The molecule has 0 N–H and O–H groups in total. The second-order valence-electron chi connectivity index (χ2n) is 5.09. The maximum Gasteiger partial charge on any atom is 0 e. The average Bonchev–Trinajstić information content (AvgIpc) is 2.11. The van der Waals surface area contributed by atoms with Crippen molar-refractivity contribution in [3.05, 3.63) is 28.8 Å². The fraction of sp³-hybridized carbons (Fsp3) is 0.571. The Balaban J connectivity index is 0.00000128. The molecular weight excluding hydrogens is 210 g/mol. The topological polar surface area (TPSA) is 0 Å². The van der Waals surface area contributed by atoms with Gasteiger partial charge in [-0.15, -0.1) is 0 Å². The predicted octanol–water partition coefficient (Wildman–Crippen LogP) is 3.52. The molecule has 0 bridgehead atoms. The van der Waals surface area contributed by atoms with E-state index in [1.807, 2.05) is 0 Å². The highest BCUT2D eigenvalue weighted by molar-refractivity contribution is 7.68. The quantitative estimate of drug-likeness (QED) is 0.512. The van der Waals surface area contributed by atoms with Gasteiger partial charge in [0.15, 0.2) is 0 Å². The molecule has 1 saturated heterocycles. The van der Waals surface area contributed by atoms with Crippen LogP contribution in [-0.2, 0) is 0 Å². The SMILES string of the molecule is Cc1cc(C)c(P2[C@@H](C)C[C@@H]2C)c(C)c1.[B]. The van der Waals surface area contributed by atoms with E-state index in [0.29, 0.717) is 0 Å².